The highest BCUT2D eigenvalue weighted by atomic mass is 32.2. The number of carbonyl (C=O) groups is 2. The maximum atomic E-state index is 12.4. The maximum Gasteiger partial charge on any atom is 0.271 e. The Morgan fingerprint density at radius 1 is 1.32 bits per heavy atom. The summed E-state index contributed by atoms with van der Waals surface area (Å²) in [6.07, 6.45) is 0. The molecule has 8 nitrogen and oxygen atoms in total. The molecule has 0 fully saturated rings. The highest BCUT2D eigenvalue weighted by Crippen LogP contribution is 2.37. The monoisotopic (exact) mass is 417 g/mol. The summed E-state index contributed by atoms with van der Waals surface area (Å²) in [6, 6.07) is 4.91. The first-order valence-corrected chi connectivity index (χ1v) is 10.1. The Labute approximate surface area is 167 Å². The number of carbonyl (C=O) groups excluding carboxylic acids is 2. The lowest BCUT2D eigenvalue weighted by atomic mass is 10.1. The molecular formula is C18H15N3O5S2. The van der Waals surface area contributed by atoms with E-state index in [4.69, 9.17) is 9.47 Å². The molecule has 3 heterocycles. The van der Waals surface area contributed by atoms with Crippen LogP contribution in [0.15, 0.2) is 33.5 Å². The number of nitrogens with one attached hydrogen (secondary N) is 1. The van der Waals surface area contributed by atoms with Crippen LogP contribution in [0.4, 0.5) is 5.69 Å². The number of fused-ring (bicyclic) bond motifs is 2. The molecule has 144 valence electrons. The number of ketones is 1. The maximum absolute atomic E-state index is 12.4. The van der Waals surface area contributed by atoms with Gasteiger partial charge in [-0.3, -0.25) is 19.0 Å². The fourth-order valence-corrected chi connectivity index (χ4v) is 4.33. The molecule has 0 spiro atoms. The van der Waals surface area contributed by atoms with Crippen molar-refractivity contribution in [2.75, 3.05) is 17.9 Å². The van der Waals surface area contributed by atoms with Gasteiger partial charge in [0.2, 0.25) is 12.7 Å². The lowest BCUT2D eigenvalue weighted by Crippen LogP contribution is -2.21. The van der Waals surface area contributed by atoms with Crippen molar-refractivity contribution in [2.24, 2.45) is 7.05 Å². The van der Waals surface area contributed by atoms with Crippen molar-refractivity contribution in [2.45, 2.75) is 12.1 Å². The molecule has 0 saturated heterocycles. The van der Waals surface area contributed by atoms with Crippen LogP contribution in [-0.2, 0) is 11.8 Å². The first-order chi connectivity index (χ1) is 13.4. The molecular weight excluding hydrogens is 402 g/mol. The first kappa shape index (κ1) is 18.5. The molecule has 0 atom stereocenters. The van der Waals surface area contributed by atoms with Crippen LogP contribution in [0.2, 0.25) is 0 Å². The van der Waals surface area contributed by atoms with E-state index in [9.17, 15) is 14.4 Å². The van der Waals surface area contributed by atoms with E-state index in [1.807, 2.05) is 5.38 Å². The average molecular weight is 417 g/mol. The van der Waals surface area contributed by atoms with Crippen molar-refractivity contribution in [3.05, 3.63) is 39.5 Å². The molecule has 1 aliphatic rings. The van der Waals surface area contributed by atoms with Gasteiger partial charge in [-0.05, 0) is 24.4 Å². The van der Waals surface area contributed by atoms with Gasteiger partial charge >= 0.3 is 0 Å². The van der Waals surface area contributed by atoms with E-state index in [2.05, 4.69) is 10.3 Å². The third-order valence-electron chi connectivity index (χ3n) is 4.14. The van der Waals surface area contributed by atoms with Gasteiger partial charge in [0.15, 0.2) is 22.4 Å². The molecule has 2 aromatic heterocycles. The molecule has 1 N–H and O–H groups in total. The standard InChI is InChI=1S/C18H15N3O5S2/c1-9(22)10-5-13-14(26-8-25-13)6-12(10)19-15(23)7-28-18-20-11-3-4-27-16(11)17(24)21(18)2/h3-6H,7-8H2,1-2H3,(H,19,23). The van der Waals surface area contributed by atoms with Crippen molar-refractivity contribution in [3.63, 3.8) is 0 Å². The molecule has 4 rings (SSSR count). The molecule has 1 amide bonds. The second-order valence-corrected chi connectivity index (χ2v) is 7.90. The summed E-state index contributed by atoms with van der Waals surface area (Å²) >= 11 is 2.49. The summed E-state index contributed by atoms with van der Waals surface area (Å²) in [5.41, 5.74) is 1.17. The third-order valence-corrected chi connectivity index (χ3v) is 6.07. The number of benzene rings is 1. The van der Waals surface area contributed by atoms with E-state index < -0.39 is 0 Å². The van der Waals surface area contributed by atoms with Crippen LogP contribution in [-0.4, -0.2) is 33.8 Å². The van der Waals surface area contributed by atoms with E-state index in [0.29, 0.717) is 38.1 Å². The lowest BCUT2D eigenvalue weighted by molar-refractivity contribution is -0.113. The molecule has 0 saturated carbocycles. The topological polar surface area (TPSA) is 99.5 Å². The number of hydrogen-bond donors (Lipinski definition) is 1. The quantitative estimate of drug-likeness (QED) is 0.387. The van der Waals surface area contributed by atoms with Gasteiger partial charge in [-0.2, -0.15) is 0 Å². The lowest BCUT2D eigenvalue weighted by Gasteiger charge is -2.11. The summed E-state index contributed by atoms with van der Waals surface area (Å²) in [4.78, 5) is 41.1. The summed E-state index contributed by atoms with van der Waals surface area (Å²) in [6.45, 7) is 1.49. The number of thiophene rings is 1. The molecule has 0 aliphatic carbocycles. The molecule has 1 aromatic carbocycles. The van der Waals surface area contributed by atoms with Crippen LogP contribution < -0.4 is 20.3 Å². The van der Waals surface area contributed by atoms with Crippen molar-refractivity contribution in [1.29, 1.82) is 0 Å². The van der Waals surface area contributed by atoms with E-state index in [0.717, 1.165) is 11.8 Å². The number of rotatable bonds is 5. The van der Waals surface area contributed by atoms with Gasteiger partial charge < -0.3 is 14.8 Å². The number of nitrogens with zero attached hydrogens (tertiary/aromatic N) is 2. The summed E-state index contributed by atoms with van der Waals surface area (Å²) in [7, 11) is 1.63. The Hall–Kier alpha value is -2.85. The number of anilines is 1. The number of hydrogen-bond acceptors (Lipinski definition) is 8. The summed E-state index contributed by atoms with van der Waals surface area (Å²) < 4.78 is 12.6. The van der Waals surface area contributed by atoms with E-state index in [-0.39, 0.29) is 29.8 Å². The number of thioether (sulfide) groups is 1. The van der Waals surface area contributed by atoms with Crippen molar-refractivity contribution in [1.82, 2.24) is 9.55 Å². The number of ether oxygens (including phenoxy) is 2. The SMILES string of the molecule is CC(=O)c1cc2c(cc1NC(=O)CSc1nc3ccsc3c(=O)n1C)OCO2. The van der Waals surface area contributed by atoms with Gasteiger partial charge in [-0.1, -0.05) is 11.8 Å². The summed E-state index contributed by atoms with van der Waals surface area (Å²) in [5, 5.41) is 4.99. The normalized spacial score (nSPS) is 12.4. The number of amides is 1. The van der Waals surface area contributed by atoms with Gasteiger partial charge in [0, 0.05) is 18.7 Å². The predicted octanol–water partition coefficient (Wildman–Crippen LogP) is 2.66. The molecule has 10 heteroatoms. The van der Waals surface area contributed by atoms with Gasteiger partial charge in [0.1, 0.15) is 4.70 Å². The fourth-order valence-electron chi connectivity index (χ4n) is 2.75. The van der Waals surface area contributed by atoms with Crippen LogP contribution in [0.1, 0.15) is 17.3 Å². The third kappa shape index (κ3) is 3.36. The van der Waals surface area contributed by atoms with Crippen molar-refractivity contribution < 1.29 is 19.1 Å². The smallest absolute Gasteiger partial charge is 0.271 e. The van der Waals surface area contributed by atoms with Crippen molar-refractivity contribution in [3.8, 4) is 11.5 Å². The van der Waals surface area contributed by atoms with Gasteiger partial charge in [-0.25, -0.2) is 4.98 Å². The first-order valence-electron chi connectivity index (χ1n) is 8.25. The number of aromatic nitrogens is 2. The molecule has 0 radical (unpaired) electrons. The van der Waals surface area contributed by atoms with E-state index >= 15 is 0 Å². The van der Waals surface area contributed by atoms with Gasteiger partial charge in [-0.15, -0.1) is 11.3 Å². The minimum absolute atomic E-state index is 0.0295. The molecule has 0 bridgehead atoms. The van der Waals surface area contributed by atoms with Crippen LogP contribution in [0.3, 0.4) is 0 Å². The van der Waals surface area contributed by atoms with Crippen molar-refractivity contribution >= 4 is 50.7 Å². The van der Waals surface area contributed by atoms with Gasteiger partial charge in [0.25, 0.3) is 5.56 Å². The van der Waals surface area contributed by atoms with E-state index in [1.165, 1.54) is 22.8 Å². The molecule has 3 aromatic rings. The molecule has 0 unspecified atom stereocenters. The van der Waals surface area contributed by atoms with Gasteiger partial charge in [0.05, 0.1) is 17.0 Å². The highest BCUT2D eigenvalue weighted by Gasteiger charge is 2.20. The molecule has 28 heavy (non-hydrogen) atoms. The minimum atomic E-state index is -0.328. The van der Waals surface area contributed by atoms with Crippen LogP contribution in [0.5, 0.6) is 11.5 Å². The largest absolute Gasteiger partial charge is 0.454 e. The Kier molecular flexibility index (Phi) is 4.82. The predicted molar refractivity (Wildman–Crippen MR) is 107 cm³/mol. The van der Waals surface area contributed by atoms with Crippen LogP contribution in [0, 0.1) is 0 Å². The Morgan fingerprint density at radius 2 is 2.07 bits per heavy atom. The molecule has 1 aliphatic heterocycles. The fraction of sp³-hybridized carbons (Fsp3) is 0.222. The Balaban J connectivity index is 1.52. The second-order valence-electron chi connectivity index (χ2n) is 6.04. The number of Topliss-reactive ketones (excluding diaryl/α,β-unsaturated/α-hetero) is 1. The minimum Gasteiger partial charge on any atom is -0.454 e. The summed E-state index contributed by atoms with van der Waals surface area (Å²) in [5.74, 6) is 0.446. The highest BCUT2D eigenvalue weighted by molar-refractivity contribution is 7.99. The average Bonchev–Trinajstić information content (AvgIpc) is 3.31. The van der Waals surface area contributed by atoms with Crippen LogP contribution in [0.25, 0.3) is 10.2 Å². The zero-order valence-corrected chi connectivity index (χ0v) is 16.6. The zero-order chi connectivity index (χ0) is 19.8. The Bertz CT molecular complexity index is 1170. The zero-order valence-electron chi connectivity index (χ0n) is 15.0. The van der Waals surface area contributed by atoms with E-state index in [1.54, 1.807) is 25.2 Å². The Morgan fingerprint density at radius 3 is 2.82 bits per heavy atom. The van der Waals surface area contributed by atoms with Crippen LogP contribution >= 0.6 is 23.1 Å². The second kappa shape index (κ2) is 7.28.